The lowest BCUT2D eigenvalue weighted by Crippen LogP contribution is -2.36. The first-order valence-electron chi connectivity index (χ1n) is 9.05. The molecule has 6 nitrogen and oxygen atoms in total. The van der Waals surface area contributed by atoms with Crippen molar-refractivity contribution in [3.63, 3.8) is 0 Å². The molecule has 1 aliphatic rings. The molecule has 10 heteroatoms. The van der Waals surface area contributed by atoms with Gasteiger partial charge in [0.1, 0.15) is 17.2 Å². The first-order chi connectivity index (χ1) is 14.4. The minimum absolute atomic E-state index is 0.0494. The van der Waals surface area contributed by atoms with Crippen molar-refractivity contribution < 1.29 is 18.4 Å². The maximum atomic E-state index is 13.7. The summed E-state index contributed by atoms with van der Waals surface area (Å²) in [5, 5.41) is 10.2. The summed E-state index contributed by atoms with van der Waals surface area (Å²) in [4.78, 5) is 26.7. The molecular formula is C20H16F2N4O2S2. The molecule has 1 atom stereocenters. The normalized spacial score (nSPS) is 15.2. The number of aromatic nitrogens is 2. The van der Waals surface area contributed by atoms with E-state index in [2.05, 4.69) is 15.5 Å². The van der Waals surface area contributed by atoms with Crippen molar-refractivity contribution in [1.82, 2.24) is 10.2 Å². The van der Waals surface area contributed by atoms with Crippen LogP contribution in [0.5, 0.6) is 0 Å². The second-order valence-electron chi connectivity index (χ2n) is 6.66. The summed E-state index contributed by atoms with van der Waals surface area (Å²) < 4.78 is 27.9. The third kappa shape index (κ3) is 4.05. The smallest absolute Gasteiger partial charge is 0.263 e. The average Bonchev–Trinajstić information content (AvgIpc) is 3.29. The molecular weight excluding hydrogens is 430 g/mol. The minimum atomic E-state index is -0.961. The van der Waals surface area contributed by atoms with Crippen LogP contribution in [0.3, 0.4) is 0 Å². The van der Waals surface area contributed by atoms with Crippen LogP contribution in [0.15, 0.2) is 46.8 Å². The van der Waals surface area contributed by atoms with E-state index in [1.165, 1.54) is 17.8 Å². The van der Waals surface area contributed by atoms with Crippen molar-refractivity contribution >= 4 is 45.7 Å². The van der Waals surface area contributed by atoms with Crippen molar-refractivity contribution in [2.75, 3.05) is 16.0 Å². The molecule has 0 spiro atoms. The standard InChI is InChI=1S/C20H16F2N4O2S2/c1-11-9-12-5-2-3-8-15(12)26(11)16(27)10-29-20-25-24-19(30-20)23-18(28)17-13(21)6-4-7-14(17)22/h2-8,11H,9-10H2,1H3,(H,23,24,28)/t11-/m0/s1. The number of nitrogens with one attached hydrogen (secondary N) is 1. The third-order valence-electron chi connectivity index (χ3n) is 4.61. The van der Waals surface area contributed by atoms with Gasteiger partial charge >= 0.3 is 0 Å². The summed E-state index contributed by atoms with van der Waals surface area (Å²) in [5.41, 5.74) is 1.39. The molecule has 0 bridgehead atoms. The van der Waals surface area contributed by atoms with Gasteiger partial charge in [0.05, 0.1) is 5.75 Å². The Morgan fingerprint density at radius 3 is 2.67 bits per heavy atom. The molecule has 30 heavy (non-hydrogen) atoms. The van der Waals surface area contributed by atoms with E-state index in [4.69, 9.17) is 0 Å². The first-order valence-corrected chi connectivity index (χ1v) is 10.9. The van der Waals surface area contributed by atoms with E-state index in [1.807, 2.05) is 31.2 Å². The van der Waals surface area contributed by atoms with E-state index in [-0.39, 0.29) is 22.8 Å². The molecule has 2 aromatic carbocycles. The topological polar surface area (TPSA) is 75.2 Å². The number of halogens is 2. The Morgan fingerprint density at radius 1 is 1.17 bits per heavy atom. The summed E-state index contributed by atoms with van der Waals surface area (Å²) >= 11 is 2.23. The maximum absolute atomic E-state index is 13.7. The molecule has 1 aliphatic heterocycles. The molecule has 2 amide bonds. The fraction of sp³-hybridized carbons (Fsp3) is 0.200. The van der Waals surface area contributed by atoms with Crippen LogP contribution in [0.25, 0.3) is 0 Å². The molecule has 0 saturated carbocycles. The fourth-order valence-corrected chi connectivity index (χ4v) is 4.94. The van der Waals surface area contributed by atoms with Crippen LogP contribution in [0.4, 0.5) is 19.6 Å². The average molecular weight is 447 g/mol. The minimum Gasteiger partial charge on any atom is -0.308 e. The van der Waals surface area contributed by atoms with Gasteiger partial charge in [-0.3, -0.25) is 14.9 Å². The van der Waals surface area contributed by atoms with Crippen LogP contribution < -0.4 is 10.2 Å². The Balaban J connectivity index is 1.38. The lowest BCUT2D eigenvalue weighted by Gasteiger charge is -2.22. The highest BCUT2D eigenvalue weighted by molar-refractivity contribution is 8.01. The van der Waals surface area contributed by atoms with Gasteiger partial charge in [0.25, 0.3) is 5.91 Å². The van der Waals surface area contributed by atoms with E-state index in [9.17, 15) is 18.4 Å². The van der Waals surface area contributed by atoms with E-state index < -0.39 is 23.1 Å². The second kappa shape index (κ2) is 8.49. The molecule has 0 unspecified atom stereocenters. The number of thioether (sulfide) groups is 1. The molecule has 0 fully saturated rings. The number of fused-ring (bicyclic) bond motifs is 1. The van der Waals surface area contributed by atoms with Crippen molar-refractivity contribution in [2.45, 2.75) is 23.7 Å². The quantitative estimate of drug-likeness (QED) is 0.471. The highest BCUT2D eigenvalue weighted by Gasteiger charge is 2.30. The highest BCUT2D eigenvalue weighted by Crippen LogP contribution is 2.33. The summed E-state index contributed by atoms with van der Waals surface area (Å²) in [7, 11) is 0. The number of hydrogen-bond donors (Lipinski definition) is 1. The van der Waals surface area contributed by atoms with Gasteiger partial charge in [-0.1, -0.05) is 47.4 Å². The monoisotopic (exact) mass is 446 g/mol. The van der Waals surface area contributed by atoms with Gasteiger partial charge in [0.2, 0.25) is 11.0 Å². The van der Waals surface area contributed by atoms with Gasteiger partial charge < -0.3 is 4.90 Å². The van der Waals surface area contributed by atoms with Crippen molar-refractivity contribution in [1.29, 1.82) is 0 Å². The number of carbonyl (C=O) groups is 2. The lowest BCUT2D eigenvalue weighted by atomic mass is 10.1. The van der Waals surface area contributed by atoms with Crippen molar-refractivity contribution in [3.05, 3.63) is 65.2 Å². The summed E-state index contributed by atoms with van der Waals surface area (Å²) in [6.45, 7) is 2.00. The number of nitrogens with zero attached hydrogens (tertiary/aromatic N) is 3. The van der Waals surface area contributed by atoms with E-state index in [0.717, 1.165) is 41.1 Å². The SMILES string of the molecule is C[C@H]1Cc2ccccc2N1C(=O)CSc1nnc(NC(=O)c2c(F)cccc2F)s1. The van der Waals surface area contributed by atoms with Crippen LogP contribution in [-0.4, -0.2) is 33.8 Å². The molecule has 0 radical (unpaired) electrons. The highest BCUT2D eigenvalue weighted by atomic mass is 32.2. The van der Waals surface area contributed by atoms with Crippen molar-refractivity contribution in [2.24, 2.45) is 0 Å². The lowest BCUT2D eigenvalue weighted by molar-refractivity contribution is -0.116. The molecule has 3 aromatic rings. The first kappa shape index (κ1) is 20.4. The zero-order valence-corrected chi connectivity index (χ0v) is 17.4. The Bertz CT molecular complexity index is 1100. The van der Waals surface area contributed by atoms with E-state index >= 15 is 0 Å². The zero-order valence-electron chi connectivity index (χ0n) is 15.8. The molecule has 1 aromatic heterocycles. The van der Waals surface area contributed by atoms with Crippen LogP contribution >= 0.6 is 23.1 Å². The predicted octanol–water partition coefficient (Wildman–Crippen LogP) is 4.14. The fourth-order valence-electron chi connectivity index (χ4n) is 3.33. The number of rotatable bonds is 5. The van der Waals surface area contributed by atoms with E-state index in [0.29, 0.717) is 4.34 Å². The van der Waals surface area contributed by atoms with Gasteiger partial charge in [-0.15, -0.1) is 10.2 Å². The van der Waals surface area contributed by atoms with Crippen LogP contribution in [0, 0.1) is 11.6 Å². The van der Waals surface area contributed by atoms with Crippen molar-refractivity contribution in [3.8, 4) is 0 Å². The van der Waals surface area contributed by atoms with Gasteiger partial charge in [-0.05, 0) is 37.1 Å². The number of benzene rings is 2. The molecule has 4 rings (SSSR count). The largest absolute Gasteiger partial charge is 0.308 e. The van der Waals surface area contributed by atoms with Gasteiger partial charge in [0.15, 0.2) is 4.34 Å². The maximum Gasteiger partial charge on any atom is 0.263 e. The predicted molar refractivity (Wildman–Crippen MR) is 112 cm³/mol. The number of anilines is 2. The Labute approximate surface area is 179 Å². The Morgan fingerprint density at radius 2 is 1.90 bits per heavy atom. The molecule has 1 N–H and O–H groups in total. The number of para-hydroxylation sites is 1. The summed E-state index contributed by atoms with van der Waals surface area (Å²) in [5.74, 6) is -2.76. The Kier molecular flexibility index (Phi) is 5.78. The molecule has 2 heterocycles. The number of amides is 2. The number of hydrogen-bond acceptors (Lipinski definition) is 6. The van der Waals surface area contributed by atoms with E-state index in [1.54, 1.807) is 4.90 Å². The zero-order chi connectivity index (χ0) is 21.3. The van der Waals surface area contributed by atoms with Gasteiger partial charge in [-0.2, -0.15) is 0 Å². The van der Waals surface area contributed by atoms with Crippen LogP contribution in [-0.2, 0) is 11.2 Å². The van der Waals surface area contributed by atoms with Crippen LogP contribution in [0.1, 0.15) is 22.8 Å². The summed E-state index contributed by atoms with van der Waals surface area (Å²) in [6.07, 6.45) is 0.814. The van der Waals surface area contributed by atoms with Crippen LogP contribution in [0.2, 0.25) is 0 Å². The second-order valence-corrected chi connectivity index (χ2v) is 8.86. The molecule has 0 aliphatic carbocycles. The van der Waals surface area contributed by atoms with Gasteiger partial charge in [0, 0.05) is 11.7 Å². The molecule has 154 valence electrons. The number of carbonyl (C=O) groups excluding carboxylic acids is 2. The summed E-state index contributed by atoms with van der Waals surface area (Å²) in [6, 6.07) is 11.1. The Hall–Kier alpha value is -2.85. The van der Waals surface area contributed by atoms with Gasteiger partial charge in [-0.25, -0.2) is 8.78 Å². The third-order valence-corrected chi connectivity index (χ3v) is 6.57. The molecule has 0 saturated heterocycles.